The predicted octanol–water partition coefficient (Wildman–Crippen LogP) is 2.66. The lowest BCUT2D eigenvalue weighted by atomic mass is 10.1. The molecule has 0 aliphatic heterocycles. The van der Waals surface area contributed by atoms with E-state index in [-0.39, 0.29) is 16.9 Å². The van der Waals surface area contributed by atoms with Gasteiger partial charge in [0.15, 0.2) is 14.1 Å². The molecule has 0 bridgehead atoms. The molecule has 98 valence electrons. The van der Waals surface area contributed by atoms with Gasteiger partial charge in [0.1, 0.15) is 0 Å². The van der Waals surface area contributed by atoms with E-state index in [1.807, 2.05) is 0 Å². The summed E-state index contributed by atoms with van der Waals surface area (Å²) >= 11 is 0. The van der Waals surface area contributed by atoms with Crippen molar-refractivity contribution in [1.82, 2.24) is 0 Å². The summed E-state index contributed by atoms with van der Waals surface area (Å²) in [5.74, 6) is 0.0173. The lowest BCUT2D eigenvalue weighted by Gasteiger charge is -2.37. The van der Waals surface area contributed by atoms with Gasteiger partial charge >= 0.3 is 0 Å². The van der Waals surface area contributed by atoms with Gasteiger partial charge in [-0.1, -0.05) is 20.8 Å². The number of hydrogen-bond donors (Lipinski definition) is 1. The van der Waals surface area contributed by atoms with Crippen LogP contribution in [0.2, 0.25) is 18.1 Å². The van der Waals surface area contributed by atoms with Gasteiger partial charge in [0.2, 0.25) is 0 Å². The molecule has 0 aromatic rings. The molecule has 1 aliphatic carbocycles. The standard InChI is InChI=1S/C13H24O3Si/c1-9(14)11-7-10(8-12(11)15)16-17(5,6)13(2,3)4/h7,9-10,14H,8H2,1-6H3/t9-,10+/m1/s1. The molecule has 0 saturated heterocycles. The number of carbonyl (C=O) groups is 1. The molecule has 0 unspecified atom stereocenters. The fraction of sp³-hybridized carbons (Fsp3) is 0.769. The van der Waals surface area contributed by atoms with E-state index in [1.54, 1.807) is 13.0 Å². The van der Waals surface area contributed by atoms with Crippen molar-refractivity contribution in [3.63, 3.8) is 0 Å². The van der Waals surface area contributed by atoms with Crippen molar-refractivity contribution < 1.29 is 14.3 Å². The number of aliphatic hydroxyl groups excluding tert-OH is 1. The van der Waals surface area contributed by atoms with Gasteiger partial charge < -0.3 is 9.53 Å². The molecule has 17 heavy (non-hydrogen) atoms. The van der Waals surface area contributed by atoms with Crippen LogP contribution in [0.1, 0.15) is 34.1 Å². The van der Waals surface area contributed by atoms with Gasteiger partial charge in [-0.25, -0.2) is 0 Å². The van der Waals surface area contributed by atoms with E-state index >= 15 is 0 Å². The summed E-state index contributed by atoms with van der Waals surface area (Å²) in [6, 6.07) is 0. The third-order valence-corrected chi connectivity index (χ3v) is 8.28. The molecule has 0 aromatic carbocycles. The zero-order valence-electron chi connectivity index (χ0n) is 11.7. The van der Waals surface area contributed by atoms with Gasteiger partial charge in [0.05, 0.1) is 12.2 Å². The summed E-state index contributed by atoms with van der Waals surface area (Å²) in [4.78, 5) is 11.7. The normalized spacial score (nSPS) is 23.8. The van der Waals surface area contributed by atoms with Crippen LogP contribution in [-0.4, -0.2) is 31.4 Å². The van der Waals surface area contributed by atoms with Crippen molar-refractivity contribution >= 4 is 14.1 Å². The van der Waals surface area contributed by atoms with E-state index in [4.69, 9.17) is 4.43 Å². The van der Waals surface area contributed by atoms with Gasteiger partial charge in [-0.05, 0) is 31.1 Å². The van der Waals surface area contributed by atoms with Crippen LogP contribution in [0.5, 0.6) is 0 Å². The maximum Gasteiger partial charge on any atom is 0.192 e. The molecule has 0 spiro atoms. The molecule has 0 saturated carbocycles. The van der Waals surface area contributed by atoms with Gasteiger partial charge in [-0.2, -0.15) is 0 Å². The lowest BCUT2D eigenvalue weighted by Crippen LogP contribution is -2.43. The highest BCUT2D eigenvalue weighted by Gasteiger charge is 2.40. The first kappa shape index (κ1) is 14.6. The van der Waals surface area contributed by atoms with Crippen LogP contribution < -0.4 is 0 Å². The fourth-order valence-electron chi connectivity index (χ4n) is 1.66. The maximum atomic E-state index is 11.7. The quantitative estimate of drug-likeness (QED) is 0.790. The van der Waals surface area contributed by atoms with Crippen molar-refractivity contribution in [2.45, 2.75) is 64.5 Å². The number of rotatable bonds is 3. The van der Waals surface area contributed by atoms with E-state index < -0.39 is 14.4 Å². The van der Waals surface area contributed by atoms with Crippen molar-refractivity contribution in [3.05, 3.63) is 11.6 Å². The first-order valence-electron chi connectivity index (χ1n) is 6.15. The van der Waals surface area contributed by atoms with Crippen LogP contribution in [0.25, 0.3) is 0 Å². The molecule has 0 radical (unpaired) electrons. The molecule has 3 nitrogen and oxygen atoms in total. The summed E-state index contributed by atoms with van der Waals surface area (Å²) in [6.45, 7) is 12.5. The van der Waals surface area contributed by atoms with Gasteiger partial charge in [0, 0.05) is 12.0 Å². The van der Waals surface area contributed by atoms with E-state index in [1.165, 1.54) is 0 Å². The monoisotopic (exact) mass is 256 g/mol. The number of carbonyl (C=O) groups excluding carboxylic acids is 1. The summed E-state index contributed by atoms with van der Waals surface area (Å²) in [7, 11) is -1.84. The van der Waals surface area contributed by atoms with Crippen LogP contribution in [0, 0.1) is 0 Å². The van der Waals surface area contributed by atoms with Crippen LogP contribution in [0.3, 0.4) is 0 Å². The lowest BCUT2D eigenvalue weighted by molar-refractivity contribution is -0.116. The highest BCUT2D eigenvalue weighted by molar-refractivity contribution is 6.74. The summed E-state index contributed by atoms with van der Waals surface area (Å²) in [6.07, 6.45) is 1.35. The minimum atomic E-state index is -1.84. The molecule has 0 heterocycles. The topological polar surface area (TPSA) is 46.5 Å². The van der Waals surface area contributed by atoms with E-state index in [0.29, 0.717) is 12.0 Å². The van der Waals surface area contributed by atoms with E-state index in [9.17, 15) is 9.90 Å². The Kier molecular flexibility index (Phi) is 4.01. The Bertz CT molecular complexity index is 337. The SMILES string of the molecule is C[C@@H](O)C1=C[C@H](O[Si](C)(C)C(C)(C)C)CC1=O. The second-order valence-electron chi connectivity index (χ2n) is 6.34. The van der Waals surface area contributed by atoms with E-state index in [2.05, 4.69) is 33.9 Å². The molecule has 2 atom stereocenters. The molecular weight excluding hydrogens is 232 g/mol. The Hall–Kier alpha value is -0.453. The molecule has 1 rings (SSSR count). The Morgan fingerprint density at radius 3 is 2.35 bits per heavy atom. The third kappa shape index (κ3) is 3.27. The number of Topliss-reactive ketones (excluding diaryl/α,β-unsaturated/α-hetero) is 1. The van der Waals surface area contributed by atoms with Crippen LogP contribution in [0.15, 0.2) is 11.6 Å². The number of hydrogen-bond acceptors (Lipinski definition) is 3. The van der Waals surface area contributed by atoms with E-state index in [0.717, 1.165) is 0 Å². The van der Waals surface area contributed by atoms with Crippen molar-refractivity contribution in [1.29, 1.82) is 0 Å². The van der Waals surface area contributed by atoms with Crippen molar-refractivity contribution in [3.8, 4) is 0 Å². The number of aliphatic hydroxyl groups is 1. The molecular formula is C13H24O3Si. The summed E-state index contributed by atoms with van der Waals surface area (Å²) < 4.78 is 6.14. The second-order valence-corrected chi connectivity index (χ2v) is 11.1. The Labute approximate surface area is 105 Å². The van der Waals surface area contributed by atoms with Crippen LogP contribution in [-0.2, 0) is 9.22 Å². The Balaban J connectivity index is 2.77. The first-order chi connectivity index (χ1) is 7.54. The zero-order valence-corrected chi connectivity index (χ0v) is 12.7. The van der Waals surface area contributed by atoms with Gasteiger partial charge in [0.25, 0.3) is 0 Å². The molecule has 0 aromatic heterocycles. The smallest absolute Gasteiger partial charge is 0.192 e. The number of ketones is 1. The summed E-state index contributed by atoms with van der Waals surface area (Å²) in [5.41, 5.74) is 0.508. The third-order valence-electron chi connectivity index (χ3n) is 3.78. The van der Waals surface area contributed by atoms with Crippen LogP contribution >= 0.6 is 0 Å². The maximum absolute atomic E-state index is 11.7. The fourth-order valence-corrected chi connectivity index (χ4v) is 2.92. The highest BCUT2D eigenvalue weighted by atomic mass is 28.4. The molecule has 0 amide bonds. The predicted molar refractivity (Wildman–Crippen MR) is 71.5 cm³/mol. The largest absolute Gasteiger partial charge is 0.410 e. The van der Waals surface area contributed by atoms with Crippen LogP contribution in [0.4, 0.5) is 0 Å². The molecule has 1 aliphatic rings. The van der Waals surface area contributed by atoms with Crippen molar-refractivity contribution in [2.75, 3.05) is 0 Å². The molecule has 1 N–H and O–H groups in total. The second kappa shape index (κ2) is 4.67. The highest BCUT2D eigenvalue weighted by Crippen LogP contribution is 2.38. The minimum absolute atomic E-state index is 0.0173. The Morgan fingerprint density at radius 2 is 2.00 bits per heavy atom. The molecule has 4 heteroatoms. The van der Waals surface area contributed by atoms with Gasteiger partial charge in [-0.15, -0.1) is 0 Å². The zero-order chi connectivity index (χ0) is 13.4. The first-order valence-corrected chi connectivity index (χ1v) is 9.06. The van der Waals surface area contributed by atoms with Gasteiger partial charge in [-0.3, -0.25) is 4.79 Å². The average molecular weight is 256 g/mol. The summed E-state index contributed by atoms with van der Waals surface area (Å²) in [5, 5.41) is 9.60. The molecule has 0 fully saturated rings. The Morgan fingerprint density at radius 1 is 1.47 bits per heavy atom. The minimum Gasteiger partial charge on any atom is -0.410 e. The average Bonchev–Trinajstić information content (AvgIpc) is 2.43. The van der Waals surface area contributed by atoms with Crippen molar-refractivity contribution in [2.24, 2.45) is 0 Å².